The normalized spacial score (nSPS) is 10.4. The quantitative estimate of drug-likeness (QED) is 0.764. The zero-order valence-electron chi connectivity index (χ0n) is 11.1. The molecule has 0 amide bonds. The molecule has 1 aromatic heterocycles. The van der Waals surface area contributed by atoms with Crippen LogP contribution in [0, 0.1) is 6.92 Å². The van der Waals surface area contributed by atoms with Crippen molar-refractivity contribution >= 4 is 11.5 Å². The van der Waals surface area contributed by atoms with Crippen LogP contribution in [0.15, 0.2) is 65.5 Å². The van der Waals surface area contributed by atoms with Gasteiger partial charge in [0.2, 0.25) is 0 Å². The summed E-state index contributed by atoms with van der Waals surface area (Å²) < 4.78 is 1.51. The van der Waals surface area contributed by atoms with E-state index in [-0.39, 0.29) is 5.56 Å². The molecule has 0 fully saturated rings. The van der Waals surface area contributed by atoms with Crippen LogP contribution in [-0.4, -0.2) is 9.78 Å². The largest absolute Gasteiger partial charge is 0.341 e. The Morgan fingerprint density at radius 3 is 2.55 bits per heavy atom. The van der Waals surface area contributed by atoms with Crippen LogP contribution in [0.2, 0.25) is 0 Å². The Bertz CT molecular complexity index is 772. The minimum Gasteiger partial charge on any atom is -0.341 e. The summed E-state index contributed by atoms with van der Waals surface area (Å²) in [5.74, 6) is 0.671. The van der Waals surface area contributed by atoms with Crippen molar-refractivity contribution in [1.29, 1.82) is 0 Å². The summed E-state index contributed by atoms with van der Waals surface area (Å²) in [6, 6.07) is 19.0. The first kappa shape index (κ1) is 12.3. The summed E-state index contributed by atoms with van der Waals surface area (Å²) in [5.41, 5.74) is 2.84. The van der Waals surface area contributed by atoms with Gasteiger partial charge in [0.15, 0.2) is 0 Å². The summed E-state index contributed by atoms with van der Waals surface area (Å²) in [6.45, 7) is 2.03. The number of aromatic amines is 1. The van der Waals surface area contributed by atoms with Gasteiger partial charge in [-0.15, -0.1) is 0 Å². The monoisotopic (exact) mass is 265 g/mol. The van der Waals surface area contributed by atoms with Crippen LogP contribution in [0.5, 0.6) is 0 Å². The highest BCUT2D eigenvalue weighted by atomic mass is 16.1. The van der Waals surface area contributed by atoms with Crippen molar-refractivity contribution in [2.45, 2.75) is 6.92 Å². The van der Waals surface area contributed by atoms with Gasteiger partial charge < -0.3 is 5.32 Å². The van der Waals surface area contributed by atoms with Crippen molar-refractivity contribution in [1.82, 2.24) is 9.78 Å². The Kier molecular flexibility index (Phi) is 3.13. The second-order valence-electron chi connectivity index (χ2n) is 4.67. The topological polar surface area (TPSA) is 49.8 Å². The van der Waals surface area contributed by atoms with E-state index in [9.17, 15) is 4.79 Å². The molecule has 0 saturated carbocycles. The van der Waals surface area contributed by atoms with Crippen LogP contribution < -0.4 is 10.9 Å². The van der Waals surface area contributed by atoms with E-state index >= 15 is 0 Å². The Balaban J connectivity index is 1.92. The highest BCUT2D eigenvalue weighted by Gasteiger charge is 2.04. The number of benzene rings is 2. The molecule has 0 atom stereocenters. The third kappa shape index (κ3) is 2.49. The third-order valence-corrected chi connectivity index (χ3v) is 3.03. The number of hydrogen-bond acceptors (Lipinski definition) is 2. The van der Waals surface area contributed by atoms with Gasteiger partial charge in [0, 0.05) is 11.8 Å². The fraction of sp³-hybridized carbons (Fsp3) is 0.0625. The molecule has 0 unspecified atom stereocenters. The van der Waals surface area contributed by atoms with E-state index in [0.29, 0.717) is 5.82 Å². The Hall–Kier alpha value is -2.75. The van der Waals surface area contributed by atoms with E-state index in [2.05, 4.69) is 10.4 Å². The van der Waals surface area contributed by atoms with Gasteiger partial charge in [0.25, 0.3) is 5.56 Å². The molecular weight excluding hydrogens is 250 g/mol. The maximum atomic E-state index is 12.0. The van der Waals surface area contributed by atoms with Crippen molar-refractivity contribution in [3.05, 3.63) is 76.6 Å². The van der Waals surface area contributed by atoms with E-state index in [1.807, 2.05) is 61.5 Å². The van der Waals surface area contributed by atoms with Crippen LogP contribution in [0.25, 0.3) is 5.69 Å². The molecule has 4 heteroatoms. The first-order valence-electron chi connectivity index (χ1n) is 6.43. The van der Waals surface area contributed by atoms with Gasteiger partial charge in [0.05, 0.1) is 5.69 Å². The molecule has 0 aliphatic carbocycles. The van der Waals surface area contributed by atoms with E-state index in [1.54, 1.807) is 6.07 Å². The number of hydrogen-bond donors (Lipinski definition) is 2. The first-order valence-corrected chi connectivity index (χ1v) is 6.43. The summed E-state index contributed by atoms with van der Waals surface area (Å²) in [6.07, 6.45) is 0. The van der Waals surface area contributed by atoms with Gasteiger partial charge >= 0.3 is 0 Å². The standard InChI is InChI=1S/C16H15N3O/c1-12-6-5-7-13(10-12)17-15-11-16(20)19(18-15)14-8-3-2-4-9-14/h2-11,17-18H,1H3. The lowest BCUT2D eigenvalue weighted by molar-refractivity contribution is 0.853. The van der Waals surface area contributed by atoms with Crippen molar-refractivity contribution in [3.63, 3.8) is 0 Å². The van der Waals surface area contributed by atoms with Crippen molar-refractivity contribution in [3.8, 4) is 5.69 Å². The second-order valence-corrected chi connectivity index (χ2v) is 4.67. The van der Waals surface area contributed by atoms with Gasteiger partial charge in [0.1, 0.15) is 5.82 Å². The molecule has 2 N–H and O–H groups in total. The average molecular weight is 265 g/mol. The van der Waals surface area contributed by atoms with Gasteiger partial charge in [-0.25, -0.2) is 4.68 Å². The lowest BCUT2D eigenvalue weighted by Gasteiger charge is -2.05. The Morgan fingerprint density at radius 2 is 1.80 bits per heavy atom. The minimum absolute atomic E-state index is 0.0913. The molecule has 3 rings (SSSR count). The van der Waals surface area contributed by atoms with E-state index in [4.69, 9.17) is 0 Å². The molecule has 0 bridgehead atoms. The van der Waals surface area contributed by atoms with Crippen LogP contribution in [0.1, 0.15) is 5.56 Å². The van der Waals surface area contributed by atoms with Gasteiger partial charge in [-0.1, -0.05) is 30.3 Å². The molecule has 1 heterocycles. The van der Waals surface area contributed by atoms with Gasteiger partial charge in [-0.05, 0) is 36.8 Å². The van der Waals surface area contributed by atoms with E-state index < -0.39 is 0 Å². The molecule has 0 spiro atoms. The lowest BCUT2D eigenvalue weighted by Crippen LogP contribution is -2.12. The van der Waals surface area contributed by atoms with E-state index in [0.717, 1.165) is 11.4 Å². The number of para-hydroxylation sites is 1. The molecule has 0 radical (unpaired) electrons. The number of aryl methyl sites for hydroxylation is 1. The van der Waals surface area contributed by atoms with Crippen molar-refractivity contribution in [2.75, 3.05) is 5.32 Å². The second kappa shape index (κ2) is 5.09. The van der Waals surface area contributed by atoms with Gasteiger partial charge in [-0.3, -0.25) is 9.89 Å². The third-order valence-electron chi connectivity index (χ3n) is 3.03. The molecule has 0 aliphatic heterocycles. The molecular formula is C16H15N3O. The lowest BCUT2D eigenvalue weighted by atomic mass is 10.2. The number of H-pyrrole nitrogens is 1. The first-order chi connectivity index (χ1) is 9.72. The SMILES string of the molecule is Cc1cccc(Nc2cc(=O)n(-c3ccccc3)[nH]2)c1. The van der Waals surface area contributed by atoms with Crippen LogP contribution in [0.3, 0.4) is 0 Å². The van der Waals surface area contributed by atoms with Crippen molar-refractivity contribution in [2.24, 2.45) is 0 Å². The van der Waals surface area contributed by atoms with Crippen LogP contribution in [0.4, 0.5) is 11.5 Å². The number of nitrogens with zero attached hydrogens (tertiary/aromatic N) is 1. The predicted molar refractivity (Wildman–Crippen MR) is 80.9 cm³/mol. The average Bonchev–Trinajstić information content (AvgIpc) is 2.80. The van der Waals surface area contributed by atoms with E-state index in [1.165, 1.54) is 10.2 Å². The molecule has 0 saturated heterocycles. The number of rotatable bonds is 3. The summed E-state index contributed by atoms with van der Waals surface area (Å²) in [5, 5.41) is 6.26. The highest BCUT2D eigenvalue weighted by molar-refractivity contribution is 5.56. The fourth-order valence-corrected chi connectivity index (χ4v) is 2.11. The molecule has 2 aromatic carbocycles. The summed E-state index contributed by atoms with van der Waals surface area (Å²) in [7, 11) is 0. The Labute approximate surface area is 116 Å². The maximum absolute atomic E-state index is 12.0. The number of nitrogens with one attached hydrogen (secondary N) is 2. The van der Waals surface area contributed by atoms with Crippen LogP contribution >= 0.6 is 0 Å². The number of anilines is 2. The van der Waals surface area contributed by atoms with Crippen LogP contribution in [-0.2, 0) is 0 Å². The smallest absolute Gasteiger partial charge is 0.273 e. The summed E-state index contributed by atoms with van der Waals surface area (Å²) >= 11 is 0. The maximum Gasteiger partial charge on any atom is 0.273 e. The fourth-order valence-electron chi connectivity index (χ4n) is 2.11. The molecule has 4 nitrogen and oxygen atoms in total. The Morgan fingerprint density at radius 1 is 1.00 bits per heavy atom. The van der Waals surface area contributed by atoms with Crippen molar-refractivity contribution < 1.29 is 0 Å². The zero-order chi connectivity index (χ0) is 13.9. The minimum atomic E-state index is -0.0913. The molecule has 20 heavy (non-hydrogen) atoms. The molecule has 100 valence electrons. The zero-order valence-corrected chi connectivity index (χ0v) is 11.1. The summed E-state index contributed by atoms with van der Waals surface area (Å²) in [4.78, 5) is 12.0. The van der Waals surface area contributed by atoms with Gasteiger partial charge in [-0.2, -0.15) is 0 Å². The predicted octanol–water partition coefficient (Wildman–Crippen LogP) is 3.22. The molecule has 0 aliphatic rings. The molecule has 3 aromatic rings. The number of aromatic nitrogens is 2. The highest BCUT2D eigenvalue weighted by Crippen LogP contribution is 2.15.